The van der Waals surface area contributed by atoms with E-state index in [1.807, 2.05) is 0 Å². The highest BCUT2D eigenvalue weighted by atomic mass is 19.1. The topological polar surface area (TPSA) is 108 Å². The summed E-state index contributed by atoms with van der Waals surface area (Å²) in [6.45, 7) is 0.130. The summed E-state index contributed by atoms with van der Waals surface area (Å²) < 4.78 is 18.2. The first-order valence-electron chi connectivity index (χ1n) is 7.95. The first-order chi connectivity index (χ1) is 12.4. The highest BCUT2D eigenvalue weighted by Gasteiger charge is 2.25. The Hall–Kier alpha value is -3.10. The number of carboxylic acid groups (broad SMARTS) is 1. The van der Waals surface area contributed by atoms with Gasteiger partial charge < -0.3 is 25.4 Å². The first kappa shape index (κ1) is 19.2. The van der Waals surface area contributed by atoms with Crippen molar-refractivity contribution in [3.8, 4) is 5.75 Å². The van der Waals surface area contributed by atoms with Crippen LogP contribution in [0.2, 0.25) is 0 Å². The molecule has 26 heavy (non-hydrogen) atoms. The highest BCUT2D eigenvalue weighted by molar-refractivity contribution is 5.98. The molecule has 0 radical (unpaired) electrons. The number of ether oxygens (including phenoxy) is 1. The van der Waals surface area contributed by atoms with E-state index in [0.29, 0.717) is 30.6 Å². The third-order valence-electron chi connectivity index (χ3n) is 3.90. The Morgan fingerprint density at radius 1 is 1.42 bits per heavy atom. The molecule has 140 valence electrons. The molecular weight excluding hydrogens is 345 g/mol. The second kappa shape index (κ2) is 8.84. The summed E-state index contributed by atoms with van der Waals surface area (Å²) >= 11 is 0. The number of likely N-dealkylation sites (N-methyl/N-ethyl adjacent to an activating group) is 1. The molecule has 9 heteroatoms. The SMILES string of the molecule is CNC(=O)CN1CCc2cc(OC/C(=C/F)CNC(=O)O)ccc2C1=O. The lowest BCUT2D eigenvalue weighted by molar-refractivity contribution is -0.121. The molecule has 3 amide bonds. The number of hydrogen-bond acceptors (Lipinski definition) is 4. The normalized spacial score (nSPS) is 13.8. The zero-order valence-electron chi connectivity index (χ0n) is 14.3. The van der Waals surface area contributed by atoms with Crippen molar-refractivity contribution in [3.63, 3.8) is 0 Å². The van der Waals surface area contributed by atoms with Crippen LogP contribution in [0.3, 0.4) is 0 Å². The fourth-order valence-corrected chi connectivity index (χ4v) is 2.49. The average Bonchev–Trinajstić information content (AvgIpc) is 2.63. The number of fused-ring (bicyclic) bond motifs is 1. The predicted octanol–water partition coefficient (Wildman–Crippen LogP) is 0.931. The summed E-state index contributed by atoms with van der Waals surface area (Å²) in [6.07, 6.45) is -0.381. The minimum atomic E-state index is -1.25. The number of carbonyl (C=O) groups excluding carboxylic acids is 2. The van der Waals surface area contributed by atoms with Gasteiger partial charge in [0.15, 0.2) is 0 Å². The standard InChI is InChI=1S/C17H20FN3O5/c1-19-15(22)9-21-5-4-12-6-13(2-3-14(12)16(21)23)26-10-11(7-18)8-20-17(24)25/h2-3,6-7,20H,4-5,8-10H2,1H3,(H,19,22)(H,24,25)/b11-7+. The molecule has 0 fully saturated rings. The van der Waals surface area contributed by atoms with Crippen molar-refractivity contribution in [2.45, 2.75) is 6.42 Å². The van der Waals surface area contributed by atoms with Crippen LogP contribution in [0.4, 0.5) is 9.18 Å². The van der Waals surface area contributed by atoms with E-state index in [1.165, 1.54) is 11.9 Å². The first-order valence-corrected chi connectivity index (χ1v) is 7.95. The Morgan fingerprint density at radius 2 is 2.19 bits per heavy atom. The lowest BCUT2D eigenvalue weighted by atomic mass is 9.98. The average molecular weight is 365 g/mol. The van der Waals surface area contributed by atoms with Crippen LogP contribution in [-0.2, 0) is 11.2 Å². The summed E-state index contributed by atoms with van der Waals surface area (Å²) in [7, 11) is 1.51. The van der Waals surface area contributed by atoms with Gasteiger partial charge in [-0.05, 0) is 30.2 Å². The molecule has 3 N–H and O–H groups in total. The van der Waals surface area contributed by atoms with Crippen molar-refractivity contribution in [1.82, 2.24) is 15.5 Å². The zero-order chi connectivity index (χ0) is 19.1. The van der Waals surface area contributed by atoms with E-state index in [9.17, 15) is 18.8 Å². The second-order valence-corrected chi connectivity index (χ2v) is 5.68. The van der Waals surface area contributed by atoms with Crippen molar-refractivity contribution in [1.29, 1.82) is 0 Å². The molecule has 1 heterocycles. The van der Waals surface area contributed by atoms with Crippen LogP contribution >= 0.6 is 0 Å². The lowest BCUT2D eigenvalue weighted by Crippen LogP contribution is -2.43. The molecule has 1 aromatic rings. The smallest absolute Gasteiger partial charge is 0.404 e. The molecule has 0 saturated heterocycles. The van der Waals surface area contributed by atoms with Gasteiger partial charge in [-0.3, -0.25) is 9.59 Å². The molecule has 0 saturated carbocycles. The third kappa shape index (κ3) is 4.95. The fraction of sp³-hybridized carbons (Fsp3) is 0.353. The molecule has 1 aromatic carbocycles. The van der Waals surface area contributed by atoms with Crippen LogP contribution in [0.15, 0.2) is 30.1 Å². The van der Waals surface area contributed by atoms with Crippen molar-refractivity contribution in [3.05, 3.63) is 41.2 Å². The number of amides is 3. The molecule has 1 aliphatic heterocycles. The second-order valence-electron chi connectivity index (χ2n) is 5.68. The Labute approximate surface area is 149 Å². The molecule has 0 aliphatic carbocycles. The molecule has 0 aromatic heterocycles. The third-order valence-corrected chi connectivity index (χ3v) is 3.90. The van der Waals surface area contributed by atoms with Gasteiger partial charge in [0.05, 0.1) is 12.9 Å². The summed E-state index contributed by atoms with van der Waals surface area (Å²) in [5.74, 6) is -0.00959. The van der Waals surface area contributed by atoms with Gasteiger partial charge in [-0.15, -0.1) is 0 Å². The van der Waals surface area contributed by atoms with E-state index in [-0.39, 0.29) is 37.1 Å². The Balaban J connectivity index is 2.00. The van der Waals surface area contributed by atoms with E-state index in [4.69, 9.17) is 9.84 Å². The van der Waals surface area contributed by atoms with Gasteiger partial charge in [0.2, 0.25) is 5.91 Å². The number of hydrogen-bond donors (Lipinski definition) is 3. The number of nitrogens with zero attached hydrogens (tertiary/aromatic N) is 1. The van der Waals surface area contributed by atoms with Gasteiger partial charge >= 0.3 is 6.09 Å². The Bertz CT molecular complexity index is 735. The van der Waals surface area contributed by atoms with Crippen molar-refractivity contribution in [2.75, 3.05) is 33.3 Å². The van der Waals surface area contributed by atoms with Crippen LogP contribution in [-0.4, -0.2) is 61.2 Å². The molecule has 1 aliphatic rings. The number of rotatable bonds is 7. The summed E-state index contributed by atoms with van der Waals surface area (Å²) in [5.41, 5.74) is 1.43. The molecule has 0 bridgehead atoms. The van der Waals surface area contributed by atoms with E-state index >= 15 is 0 Å². The van der Waals surface area contributed by atoms with Crippen LogP contribution in [0.5, 0.6) is 5.75 Å². The van der Waals surface area contributed by atoms with E-state index in [1.54, 1.807) is 18.2 Å². The van der Waals surface area contributed by atoms with Gasteiger partial charge in [0.1, 0.15) is 12.4 Å². The van der Waals surface area contributed by atoms with Crippen LogP contribution in [0, 0.1) is 0 Å². The Morgan fingerprint density at radius 3 is 2.85 bits per heavy atom. The van der Waals surface area contributed by atoms with Gasteiger partial charge in [-0.1, -0.05) is 0 Å². The minimum absolute atomic E-state index is 0.00819. The van der Waals surface area contributed by atoms with Crippen LogP contribution in [0.1, 0.15) is 15.9 Å². The van der Waals surface area contributed by atoms with Gasteiger partial charge in [0.25, 0.3) is 5.91 Å². The molecule has 2 rings (SSSR count). The maximum Gasteiger partial charge on any atom is 0.404 e. The molecular formula is C17H20FN3O5. The van der Waals surface area contributed by atoms with Crippen LogP contribution < -0.4 is 15.4 Å². The summed E-state index contributed by atoms with van der Waals surface area (Å²) in [5, 5.41) is 13.1. The van der Waals surface area contributed by atoms with Crippen LogP contribution in [0.25, 0.3) is 0 Å². The maximum absolute atomic E-state index is 12.8. The Kier molecular flexibility index (Phi) is 6.54. The predicted molar refractivity (Wildman–Crippen MR) is 90.8 cm³/mol. The van der Waals surface area contributed by atoms with Gasteiger partial charge in [-0.2, -0.15) is 0 Å². The van der Waals surface area contributed by atoms with Gasteiger partial charge in [-0.25, -0.2) is 9.18 Å². The van der Waals surface area contributed by atoms with Crippen molar-refractivity contribution >= 4 is 17.9 Å². The zero-order valence-corrected chi connectivity index (χ0v) is 14.3. The molecule has 0 atom stereocenters. The fourth-order valence-electron chi connectivity index (χ4n) is 2.49. The van der Waals surface area contributed by atoms with E-state index in [2.05, 4.69) is 10.6 Å². The molecule has 8 nitrogen and oxygen atoms in total. The summed E-state index contributed by atoms with van der Waals surface area (Å²) in [6, 6.07) is 4.89. The van der Waals surface area contributed by atoms with E-state index in [0.717, 1.165) is 5.56 Å². The number of carbonyl (C=O) groups is 3. The van der Waals surface area contributed by atoms with Gasteiger partial charge in [0, 0.05) is 31.3 Å². The lowest BCUT2D eigenvalue weighted by Gasteiger charge is -2.28. The molecule has 0 unspecified atom stereocenters. The molecule has 0 spiro atoms. The summed E-state index contributed by atoms with van der Waals surface area (Å²) in [4.78, 5) is 35.8. The number of halogens is 1. The number of benzene rings is 1. The van der Waals surface area contributed by atoms with Crippen molar-refractivity contribution in [2.24, 2.45) is 0 Å². The number of nitrogens with one attached hydrogen (secondary N) is 2. The monoisotopic (exact) mass is 365 g/mol. The quantitative estimate of drug-likeness (QED) is 0.666. The minimum Gasteiger partial charge on any atom is -0.489 e. The largest absolute Gasteiger partial charge is 0.489 e. The highest BCUT2D eigenvalue weighted by Crippen LogP contribution is 2.24. The van der Waals surface area contributed by atoms with Crippen molar-refractivity contribution < 1.29 is 28.6 Å². The van der Waals surface area contributed by atoms with E-state index < -0.39 is 6.09 Å². The maximum atomic E-state index is 12.8.